The summed E-state index contributed by atoms with van der Waals surface area (Å²) in [5, 5.41) is 13.4. The molecule has 2 saturated heterocycles. The second kappa shape index (κ2) is 12.2. The fourth-order valence-electron chi connectivity index (χ4n) is 5.39. The molecule has 1 aromatic carbocycles. The average Bonchev–Trinajstić information content (AvgIpc) is 3.54. The lowest BCUT2D eigenvalue weighted by atomic mass is 10.1. The Morgan fingerprint density at radius 3 is 2.80 bits per heavy atom. The van der Waals surface area contributed by atoms with Crippen LogP contribution in [0.25, 0.3) is 22.4 Å². The van der Waals surface area contributed by atoms with E-state index in [1.54, 1.807) is 18.5 Å². The van der Waals surface area contributed by atoms with Crippen LogP contribution in [0.1, 0.15) is 24.5 Å². The van der Waals surface area contributed by atoms with Gasteiger partial charge in [0.25, 0.3) is 5.56 Å². The lowest BCUT2D eigenvalue weighted by Crippen LogP contribution is -2.46. The molecule has 5 rings (SSSR count). The largest absolute Gasteiger partial charge is 0.459 e. The quantitative estimate of drug-likeness (QED) is 0.377. The Hall–Kier alpha value is -3.09. The highest BCUT2D eigenvalue weighted by Crippen LogP contribution is 2.27. The van der Waals surface area contributed by atoms with Crippen LogP contribution in [0.4, 0.5) is 0 Å². The molecular formula is C29H39N5O6. The summed E-state index contributed by atoms with van der Waals surface area (Å²) in [4.78, 5) is 32.3. The second-order valence-electron chi connectivity index (χ2n) is 11.0. The number of pyridine rings is 1. The predicted molar refractivity (Wildman–Crippen MR) is 150 cm³/mol. The number of morpholine rings is 1. The summed E-state index contributed by atoms with van der Waals surface area (Å²) in [7, 11) is 3.84. The van der Waals surface area contributed by atoms with E-state index in [1.807, 2.05) is 37.4 Å². The third kappa shape index (κ3) is 6.29. The van der Waals surface area contributed by atoms with Crippen LogP contribution >= 0.6 is 0 Å². The fraction of sp³-hybridized carbons (Fsp3) is 0.552. The number of aryl methyl sites for hydroxylation is 2. The van der Waals surface area contributed by atoms with Crippen LogP contribution in [-0.4, -0.2) is 94.4 Å². The van der Waals surface area contributed by atoms with Gasteiger partial charge in [0.2, 0.25) is 0 Å². The molecule has 2 aliphatic heterocycles. The first-order chi connectivity index (χ1) is 19.2. The van der Waals surface area contributed by atoms with Crippen LogP contribution in [-0.2, 0) is 39.1 Å². The van der Waals surface area contributed by atoms with Crippen molar-refractivity contribution >= 4 is 17.0 Å². The Bertz CT molecular complexity index is 1380. The number of hydrogen-bond donors (Lipinski definition) is 2. The molecule has 0 spiro atoms. The molecule has 2 N–H and O–H groups in total. The number of likely N-dealkylation sites (N-methyl/N-ethyl adjacent to an activating group) is 1. The Morgan fingerprint density at radius 1 is 1.27 bits per heavy atom. The van der Waals surface area contributed by atoms with Crippen molar-refractivity contribution in [1.82, 2.24) is 24.3 Å². The summed E-state index contributed by atoms with van der Waals surface area (Å²) in [5.41, 5.74) is 4.13. The van der Waals surface area contributed by atoms with Crippen LogP contribution in [0.5, 0.6) is 0 Å². The Labute approximate surface area is 233 Å². The van der Waals surface area contributed by atoms with E-state index in [0.29, 0.717) is 44.9 Å². The highest BCUT2D eigenvalue weighted by molar-refractivity contribution is 5.81. The summed E-state index contributed by atoms with van der Waals surface area (Å²) in [6, 6.07) is 7.02. The van der Waals surface area contributed by atoms with Crippen molar-refractivity contribution < 1.29 is 24.1 Å². The molecule has 2 fully saturated rings. The monoisotopic (exact) mass is 553 g/mol. The van der Waals surface area contributed by atoms with Gasteiger partial charge in [-0.1, -0.05) is 6.07 Å². The van der Waals surface area contributed by atoms with Gasteiger partial charge in [-0.15, -0.1) is 0 Å². The smallest absolute Gasteiger partial charge is 0.326 e. The van der Waals surface area contributed by atoms with Crippen molar-refractivity contribution in [1.29, 1.82) is 0 Å². The topological polar surface area (TPSA) is 120 Å². The van der Waals surface area contributed by atoms with Gasteiger partial charge in [0.15, 0.2) is 0 Å². The van der Waals surface area contributed by atoms with E-state index in [9.17, 15) is 14.7 Å². The first-order valence-corrected chi connectivity index (χ1v) is 13.9. The van der Waals surface area contributed by atoms with Gasteiger partial charge >= 0.3 is 5.97 Å². The summed E-state index contributed by atoms with van der Waals surface area (Å²) in [5.74, 6) is 0.278. The summed E-state index contributed by atoms with van der Waals surface area (Å²) >= 11 is 0. The highest BCUT2D eigenvalue weighted by Gasteiger charge is 2.29. The number of aliphatic hydroxyl groups is 1. The molecule has 0 aliphatic carbocycles. The van der Waals surface area contributed by atoms with Gasteiger partial charge < -0.3 is 33.4 Å². The number of nitrogens with one attached hydrogen (secondary N) is 1. The van der Waals surface area contributed by atoms with Crippen LogP contribution in [0, 0.1) is 6.92 Å². The van der Waals surface area contributed by atoms with Gasteiger partial charge in [0.1, 0.15) is 18.0 Å². The van der Waals surface area contributed by atoms with Gasteiger partial charge in [-0.3, -0.25) is 14.9 Å². The molecule has 0 bridgehead atoms. The van der Waals surface area contributed by atoms with E-state index in [2.05, 4.69) is 21.8 Å². The van der Waals surface area contributed by atoms with Crippen molar-refractivity contribution in [3.05, 3.63) is 51.9 Å². The van der Waals surface area contributed by atoms with Crippen LogP contribution in [0.15, 0.2) is 35.3 Å². The molecule has 3 aromatic rings. The van der Waals surface area contributed by atoms with Crippen molar-refractivity contribution in [3.63, 3.8) is 0 Å². The number of ether oxygens (including phenoxy) is 3. The van der Waals surface area contributed by atoms with Crippen LogP contribution < -0.4 is 10.9 Å². The molecule has 4 heterocycles. The Balaban J connectivity index is 1.42. The zero-order valence-corrected chi connectivity index (χ0v) is 23.6. The number of fused-ring (bicyclic) bond motifs is 1. The third-order valence-corrected chi connectivity index (χ3v) is 7.59. The number of benzene rings is 1. The minimum Gasteiger partial charge on any atom is -0.459 e. The van der Waals surface area contributed by atoms with Gasteiger partial charge in [0.05, 0.1) is 49.6 Å². The van der Waals surface area contributed by atoms with Gasteiger partial charge in [-0.25, -0.2) is 4.98 Å². The predicted octanol–water partition coefficient (Wildman–Crippen LogP) is 1.21. The lowest BCUT2D eigenvalue weighted by Gasteiger charge is -2.30. The van der Waals surface area contributed by atoms with E-state index in [1.165, 1.54) is 0 Å². The Morgan fingerprint density at radius 2 is 2.10 bits per heavy atom. The molecule has 11 nitrogen and oxygen atoms in total. The molecule has 0 radical (unpaired) electrons. The molecule has 4 unspecified atom stereocenters. The second-order valence-corrected chi connectivity index (χ2v) is 11.0. The summed E-state index contributed by atoms with van der Waals surface area (Å²) in [6.45, 7) is 7.71. The van der Waals surface area contributed by atoms with Gasteiger partial charge in [0, 0.05) is 50.4 Å². The third-order valence-electron chi connectivity index (χ3n) is 7.59. The number of carbonyl (C=O) groups excluding carboxylic acids is 1. The molecule has 216 valence electrons. The minimum absolute atomic E-state index is 0.00736. The van der Waals surface area contributed by atoms with E-state index < -0.39 is 18.1 Å². The maximum Gasteiger partial charge on any atom is 0.326 e. The molecular weight excluding hydrogens is 514 g/mol. The molecule has 2 aromatic heterocycles. The molecule has 11 heteroatoms. The van der Waals surface area contributed by atoms with Crippen molar-refractivity contribution in [2.45, 2.75) is 57.7 Å². The highest BCUT2D eigenvalue weighted by atomic mass is 16.6. The first-order valence-electron chi connectivity index (χ1n) is 13.9. The molecule has 0 amide bonds. The minimum atomic E-state index is -0.925. The van der Waals surface area contributed by atoms with E-state index >= 15 is 0 Å². The zero-order chi connectivity index (χ0) is 28.4. The molecule has 4 atom stereocenters. The molecule has 2 aliphatic rings. The van der Waals surface area contributed by atoms with E-state index in [-0.39, 0.29) is 17.8 Å². The standard InChI is InChI=1S/C29H39N5O6/c1-18-11-21(14-33(4)28(18)36)27-31-24-12-20(5-6-25(24)34(27)16-23-15-32(3)8-10-39-23)13-30-26(19(2)35)29(37)40-22-7-9-38-17-22/h5-6,11-12,14,19,22-23,26,30,35H,7-10,13,15-17H2,1-4H3. The number of nitrogens with zero attached hydrogens (tertiary/aromatic N) is 4. The Kier molecular flexibility index (Phi) is 8.67. The number of esters is 1. The van der Waals surface area contributed by atoms with Crippen LogP contribution in [0.3, 0.4) is 0 Å². The number of carbonyl (C=O) groups is 1. The van der Waals surface area contributed by atoms with E-state index in [4.69, 9.17) is 19.2 Å². The average molecular weight is 554 g/mol. The van der Waals surface area contributed by atoms with Crippen LogP contribution in [0.2, 0.25) is 0 Å². The SMILES string of the molecule is Cc1cc(-c2nc3cc(CNC(C(=O)OC4CCOC4)C(C)O)ccc3n2CC2CN(C)CCO2)cn(C)c1=O. The van der Waals surface area contributed by atoms with Crippen molar-refractivity contribution in [2.75, 3.05) is 40.0 Å². The number of rotatable bonds is 9. The van der Waals surface area contributed by atoms with Crippen molar-refractivity contribution in [2.24, 2.45) is 7.05 Å². The van der Waals surface area contributed by atoms with E-state index in [0.717, 1.165) is 41.1 Å². The lowest BCUT2D eigenvalue weighted by molar-refractivity contribution is -0.154. The number of aromatic nitrogens is 3. The zero-order valence-electron chi connectivity index (χ0n) is 23.6. The van der Waals surface area contributed by atoms with Crippen molar-refractivity contribution in [3.8, 4) is 11.4 Å². The fourth-order valence-corrected chi connectivity index (χ4v) is 5.39. The molecule has 40 heavy (non-hydrogen) atoms. The number of aliphatic hydroxyl groups excluding tert-OH is 1. The number of imidazole rings is 1. The maximum atomic E-state index is 12.7. The van der Waals surface area contributed by atoms with Gasteiger partial charge in [-0.2, -0.15) is 0 Å². The summed E-state index contributed by atoms with van der Waals surface area (Å²) in [6.07, 6.45) is 1.29. The van der Waals surface area contributed by atoms with Gasteiger partial charge in [-0.05, 0) is 44.7 Å². The number of hydrogen-bond acceptors (Lipinski definition) is 9. The first kappa shape index (κ1) is 28.4. The maximum absolute atomic E-state index is 12.7. The molecule has 0 saturated carbocycles. The normalized spacial score (nSPS) is 21.5. The summed E-state index contributed by atoms with van der Waals surface area (Å²) < 4.78 is 20.6.